The van der Waals surface area contributed by atoms with Crippen LogP contribution in [0.2, 0.25) is 0 Å². The van der Waals surface area contributed by atoms with Crippen LogP contribution in [-0.4, -0.2) is 37.5 Å². The van der Waals surface area contributed by atoms with Gasteiger partial charge in [0.15, 0.2) is 0 Å². The standard InChI is InChI=1S/C10H22FNO4S/c1-7(8(2)11)9(16-6-13)12-17(14,15)10(3,4)5/h7-9,12-13H,6H2,1-5H3/t7-,8?,9+/m0/s1. The average molecular weight is 271 g/mol. The molecule has 0 spiro atoms. The fraction of sp³-hybridized carbons (Fsp3) is 1.00. The molecule has 0 saturated heterocycles. The fourth-order valence-electron chi connectivity index (χ4n) is 0.944. The first-order chi connectivity index (χ1) is 7.53. The van der Waals surface area contributed by atoms with Crippen LogP contribution in [0.25, 0.3) is 0 Å². The minimum absolute atomic E-state index is 0.672. The zero-order valence-electron chi connectivity index (χ0n) is 10.9. The van der Waals surface area contributed by atoms with E-state index < -0.39 is 39.9 Å². The molecule has 0 rings (SSSR count). The number of aliphatic hydroxyl groups excluding tert-OH is 1. The van der Waals surface area contributed by atoms with Crippen molar-refractivity contribution in [2.75, 3.05) is 6.79 Å². The first kappa shape index (κ1) is 16.8. The van der Waals surface area contributed by atoms with E-state index in [-0.39, 0.29) is 0 Å². The highest BCUT2D eigenvalue weighted by molar-refractivity contribution is 7.90. The number of ether oxygens (including phenoxy) is 1. The molecular formula is C10H22FNO4S. The van der Waals surface area contributed by atoms with Gasteiger partial charge in [-0.05, 0) is 27.7 Å². The van der Waals surface area contributed by atoms with E-state index in [1.165, 1.54) is 34.6 Å². The third-order valence-electron chi connectivity index (χ3n) is 2.53. The summed E-state index contributed by atoms with van der Waals surface area (Å²) in [6.07, 6.45) is -2.33. The molecule has 7 heteroatoms. The van der Waals surface area contributed by atoms with Crippen molar-refractivity contribution in [1.29, 1.82) is 0 Å². The lowest BCUT2D eigenvalue weighted by atomic mass is 10.1. The highest BCUT2D eigenvalue weighted by Crippen LogP contribution is 2.18. The predicted molar refractivity (Wildman–Crippen MR) is 63.5 cm³/mol. The van der Waals surface area contributed by atoms with Gasteiger partial charge in [-0.3, -0.25) is 0 Å². The highest BCUT2D eigenvalue weighted by atomic mass is 32.2. The molecule has 0 aromatic rings. The van der Waals surface area contributed by atoms with Gasteiger partial charge < -0.3 is 9.84 Å². The third-order valence-corrected chi connectivity index (χ3v) is 4.69. The SMILES string of the molecule is CC(F)[C@H](C)[C@H](NS(=O)(=O)C(C)(C)C)OCO. The van der Waals surface area contributed by atoms with E-state index in [1.54, 1.807) is 0 Å². The van der Waals surface area contributed by atoms with Gasteiger partial charge >= 0.3 is 0 Å². The molecule has 0 aliphatic carbocycles. The summed E-state index contributed by atoms with van der Waals surface area (Å²) in [6.45, 7) is 6.72. The average Bonchev–Trinajstić information content (AvgIpc) is 2.13. The Labute approximate surface area is 102 Å². The minimum Gasteiger partial charge on any atom is -0.371 e. The Bertz CT molecular complexity index is 324. The number of hydrogen-bond acceptors (Lipinski definition) is 4. The maximum Gasteiger partial charge on any atom is 0.218 e. The van der Waals surface area contributed by atoms with E-state index in [2.05, 4.69) is 4.72 Å². The van der Waals surface area contributed by atoms with Crippen LogP contribution in [-0.2, 0) is 14.8 Å². The summed E-state index contributed by atoms with van der Waals surface area (Å²) < 4.78 is 42.9. The molecule has 104 valence electrons. The number of hydrogen-bond donors (Lipinski definition) is 2. The van der Waals surface area contributed by atoms with Crippen LogP contribution >= 0.6 is 0 Å². The van der Waals surface area contributed by atoms with Crippen molar-refractivity contribution in [1.82, 2.24) is 4.72 Å². The van der Waals surface area contributed by atoms with Crippen LogP contribution in [0.4, 0.5) is 4.39 Å². The second-order valence-corrected chi connectivity index (χ2v) is 7.45. The van der Waals surface area contributed by atoms with Gasteiger partial charge in [-0.25, -0.2) is 12.8 Å². The zero-order valence-corrected chi connectivity index (χ0v) is 11.7. The summed E-state index contributed by atoms with van der Waals surface area (Å²) in [5, 5.41) is 8.69. The van der Waals surface area contributed by atoms with Crippen LogP contribution in [0.15, 0.2) is 0 Å². The Morgan fingerprint density at radius 1 is 1.35 bits per heavy atom. The molecule has 1 unspecified atom stereocenters. The van der Waals surface area contributed by atoms with Gasteiger partial charge in [0.25, 0.3) is 0 Å². The Hall–Kier alpha value is -0.240. The van der Waals surface area contributed by atoms with Crippen molar-refractivity contribution in [3.05, 3.63) is 0 Å². The zero-order chi connectivity index (χ0) is 13.9. The molecule has 0 heterocycles. The van der Waals surface area contributed by atoms with Gasteiger partial charge in [-0.15, -0.1) is 0 Å². The van der Waals surface area contributed by atoms with Crippen molar-refractivity contribution in [2.45, 2.75) is 51.8 Å². The Morgan fingerprint density at radius 3 is 2.12 bits per heavy atom. The van der Waals surface area contributed by atoms with Crippen LogP contribution in [0.3, 0.4) is 0 Å². The third kappa shape index (κ3) is 4.87. The highest BCUT2D eigenvalue weighted by Gasteiger charge is 2.34. The lowest BCUT2D eigenvalue weighted by molar-refractivity contribution is -0.0854. The predicted octanol–water partition coefficient (Wildman–Crippen LogP) is 0.991. The van der Waals surface area contributed by atoms with Crippen LogP contribution in [0, 0.1) is 5.92 Å². The summed E-state index contributed by atoms with van der Waals surface area (Å²) in [7, 11) is -3.65. The molecule has 0 aromatic heterocycles. The lowest BCUT2D eigenvalue weighted by Crippen LogP contribution is -2.49. The van der Waals surface area contributed by atoms with Gasteiger partial charge in [-0.1, -0.05) is 6.92 Å². The molecule has 0 aromatic carbocycles. The second kappa shape index (κ2) is 6.08. The summed E-state index contributed by atoms with van der Waals surface area (Å²) >= 11 is 0. The van der Waals surface area contributed by atoms with Crippen molar-refractivity contribution in [3.8, 4) is 0 Å². The topological polar surface area (TPSA) is 75.6 Å². The number of rotatable bonds is 6. The van der Waals surface area contributed by atoms with E-state index in [4.69, 9.17) is 9.84 Å². The summed E-state index contributed by atoms with van der Waals surface area (Å²) in [4.78, 5) is 0. The lowest BCUT2D eigenvalue weighted by Gasteiger charge is -2.29. The fourth-order valence-corrected chi connectivity index (χ4v) is 1.89. The van der Waals surface area contributed by atoms with Crippen LogP contribution < -0.4 is 4.72 Å². The Balaban J connectivity index is 4.90. The maximum atomic E-state index is 13.1. The van der Waals surface area contributed by atoms with E-state index in [1.807, 2.05) is 0 Å². The van der Waals surface area contributed by atoms with Crippen molar-refractivity contribution < 1.29 is 22.7 Å². The first-order valence-corrected chi connectivity index (χ1v) is 6.89. The van der Waals surface area contributed by atoms with Crippen molar-refractivity contribution in [2.24, 2.45) is 5.92 Å². The number of halogens is 1. The van der Waals surface area contributed by atoms with Gasteiger partial charge in [0.2, 0.25) is 10.0 Å². The normalized spacial score (nSPS) is 18.8. The minimum atomic E-state index is -3.65. The van der Waals surface area contributed by atoms with E-state index in [9.17, 15) is 12.8 Å². The summed E-state index contributed by atoms with van der Waals surface area (Å²) in [6, 6.07) is 0. The molecular weight excluding hydrogens is 249 g/mol. The molecule has 3 atom stereocenters. The number of nitrogens with one attached hydrogen (secondary N) is 1. The van der Waals surface area contributed by atoms with Crippen molar-refractivity contribution >= 4 is 10.0 Å². The van der Waals surface area contributed by atoms with Crippen LogP contribution in [0.5, 0.6) is 0 Å². The molecule has 5 nitrogen and oxygen atoms in total. The van der Waals surface area contributed by atoms with Gasteiger partial charge in [0.1, 0.15) is 19.2 Å². The Kier molecular flexibility index (Phi) is 6.00. The summed E-state index contributed by atoms with van der Waals surface area (Å²) in [5.41, 5.74) is 0. The molecule has 2 N–H and O–H groups in total. The molecule has 0 aliphatic heterocycles. The van der Waals surface area contributed by atoms with Gasteiger partial charge in [0, 0.05) is 5.92 Å². The number of aliphatic hydroxyl groups is 1. The quantitative estimate of drug-likeness (QED) is 0.706. The molecule has 17 heavy (non-hydrogen) atoms. The molecule has 0 radical (unpaired) electrons. The van der Waals surface area contributed by atoms with E-state index in [0.717, 1.165) is 0 Å². The molecule has 0 fully saturated rings. The second-order valence-electron chi connectivity index (χ2n) is 4.99. The Morgan fingerprint density at radius 2 is 1.82 bits per heavy atom. The molecule has 0 amide bonds. The molecule has 0 aliphatic rings. The molecule has 0 saturated carbocycles. The van der Waals surface area contributed by atoms with E-state index >= 15 is 0 Å². The number of sulfonamides is 1. The first-order valence-electron chi connectivity index (χ1n) is 5.41. The van der Waals surface area contributed by atoms with Crippen LogP contribution in [0.1, 0.15) is 34.6 Å². The largest absolute Gasteiger partial charge is 0.371 e. The van der Waals surface area contributed by atoms with Gasteiger partial charge in [0.05, 0.1) is 4.75 Å². The monoisotopic (exact) mass is 271 g/mol. The van der Waals surface area contributed by atoms with Gasteiger partial charge in [-0.2, -0.15) is 4.72 Å². The van der Waals surface area contributed by atoms with E-state index in [0.29, 0.717) is 0 Å². The molecule has 0 bridgehead atoms. The smallest absolute Gasteiger partial charge is 0.218 e. The summed E-state index contributed by atoms with van der Waals surface area (Å²) in [5.74, 6) is -0.695. The van der Waals surface area contributed by atoms with Crippen molar-refractivity contribution in [3.63, 3.8) is 0 Å². The number of alkyl halides is 1. The maximum absolute atomic E-state index is 13.1.